The van der Waals surface area contributed by atoms with Crippen LogP contribution in [0, 0.1) is 12.7 Å². The van der Waals surface area contributed by atoms with Crippen molar-refractivity contribution in [3.63, 3.8) is 0 Å². The molecular formula is C15H15FN2O2. The Morgan fingerprint density at radius 3 is 2.70 bits per heavy atom. The molecule has 0 unspecified atom stereocenters. The third-order valence-corrected chi connectivity index (χ3v) is 3.02. The van der Waals surface area contributed by atoms with Crippen LogP contribution < -0.4 is 4.90 Å². The molecule has 1 aromatic carbocycles. The third-order valence-electron chi connectivity index (χ3n) is 3.02. The van der Waals surface area contributed by atoms with Gasteiger partial charge in [-0.1, -0.05) is 18.2 Å². The van der Waals surface area contributed by atoms with E-state index < -0.39 is 5.97 Å². The number of halogens is 1. The number of hydrogen-bond acceptors (Lipinski definition) is 3. The Kier molecular flexibility index (Phi) is 3.98. The topological polar surface area (TPSA) is 53.4 Å². The molecule has 0 saturated heterocycles. The van der Waals surface area contributed by atoms with Crippen LogP contribution >= 0.6 is 0 Å². The van der Waals surface area contributed by atoms with Crippen LogP contribution in [-0.2, 0) is 6.54 Å². The SMILES string of the molecule is Cc1cc(C(=O)O)cnc1N(C)Cc1ccccc1F. The van der Waals surface area contributed by atoms with E-state index in [0.29, 0.717) is 17.9 Å². The van der Waals surface area contributed by atoms with Crippen LogP contribution in [0.1, 0.15) is 21.5 Å². The van der Waals surface area contributed by atoms with E-state index in [1.54, 1.807) is 43.1 Å². The van der Waals surface area contributed by atoms with Crippen LogP contribution in [-0.4, -0.2) is 23.1 Å². The van der Waals surface area contributed by atoms with Gasteiger partial charge in [0.15, 0.2) is 0 Å². The molecular weight excluding hydrogens is 259 g/mol. The van der Waals surface area contributed by atoms with Crippen LogP contribution in [0.2, 0.25) is 0 Å². The zero-order valence-corrected chi connectivity index (χ0v) is 11.3. The zero-order valence-electron chi connectivity index (χ0n) is 11.3. The van der Waals surface area contributed by atoms with E-state index >= 15 is 0 Å². The van der Waals surface area contributed by atoms with Gasteiger partial charge in [0.2, 0.25) is 0 Å². The average molecular weight is 274 g/mol. The van der Waals surface area contributed by atoms with Crippen LogP contribution in [0.3, 0.4) is 0 Å². The van der Waals surface area contributed by atoms with E-state index in [4.69, 9.17) is 5.11 Å². The monoisotopic (exact) mass is 274 g/mol. The van der Waals surface area contributed by atoms with Crippen molar-refractivity contribution in [3.8, 4) is 0 Å². The predicted molar refractivity (Wildman–Crippen MR) is 74.4 cm³/mol. The summed E-state index contributed by atoms with van der Waals surface area (Å²) in [4.78, 5) is 16.8. The lowest BCUT2D eigenvalue weighted by Gasteiger charge is -2.20. The first kappa shape index (κ1) is 14.0. The largest absolute Gasteiger partial charge is 0.478 e. The zero-order chi connectivity index (χ0) is 14.7. The lowest BCUT2D eigenvalue weighted by atomic mass is 10.1. The summed E-state index contributed by atoms with van der Waals surface area (Å²) in [5.74, 6) is -0.638. The fraction of sp³-hybridized carbons (Fsp3) is 0.200. The number of aromatic carboxylic acids is 1. The van der Waals surface area contributed by atoms with E-state index in [2.05, 4.69) is 4.98 Å². The molecule has 104 valence electrons. The van der Waals surface area contributed by atoms with Gasteiger partial charge in [-0.15, -0.1) is 0 Å². The average Bonchev–Trinajstić information content (AvgIpc) is 2.41. The number of carbonyl (C=O) groups is 1. The van der Waals surface area contributed by atoms with Gasteiger partial charge in [0.05, 0.1) is 5.56 Å². The highest BCUT2D eigenvalue weighted by atomic mass is 19.1. The van der Waals surface area contributed by atoms with Crippen LogP contribution in [0.25, 0.3) is 0 Å². The Balaban J connectivity index is 2.23. The number of carboxylic acid groups (broad SMARTS) is 1. The fourth-order valence-corrected chi connectivity index (χ4v) is 2.04. The van der Waals surface area contributed by atoms with Gasteiger partial charge in [0, 0.05) is 25.4 Å². The summed E-state index contributed by atoms with van der Waals surface area (Å²) in [5.41, 5.74) is 1.45. The number of nitrogens with zero attached hydrogens (tertiary/aromatic N) is 2. The van der Waals surface area contributed by atoms with Crippen molar-refractivity contribution in [2.75, 3.05) is 11.9 Å². The summed E-state index contributed by atoms with van der Waals surface area (Å²) in [7, 11) is 1.79. The molecule has 5 heteroatoms. The minimum Gasteiger partial charge on any atom is -0.478 e. The minimum absolute atomic E-state index is 0.144. The maximum Gasteiger partial charge on any atom is 0.337 e. The molecule has 0 spiro atoms. The van der Waals surface area contributed by atoms with E-state index in [-0.39, 0.29) is 11.4 Å². The van der Waals surface area contributed by atoms with Gasteiger partial charge in [-0.25, -0.2) is 14.2 Å². The fourth-order valence-electron chi connectivity index (χ4n) is 2.04. The van der Waals surface area contributed by atoms with Crippen LogP contribution in [0.4, 0.5) is 10.2 Å². The van der Waals surface area contributed by atoms with Gasteiger partial charge in [-0.2, -0.15) is 0 Å². The summed E-state index contributed by atoms with van der Waals surface area (Å²) in [6, 6.07) is 8.11. The lowest BCUT2D eigenvalue weighted by molar-refractivity contribution is 0.0696. The highest BCUT2D eigenvalue weighted by molar-refractivity contribution is 5.87. The molecule has 4 nitrogen and oxygen atoms in total. The Bertz CT molecular complexity index is 644. The van der Waals surface area contributed by atoms with Crippen molar-refractivity contribution in [2.24, 2.45) is 0 Å². The number of anilines is 1. The standard InChI is InChI=1S/C15H15FN2O2/c1-10-7-12(15(19)20)8-17-14(10)18(2)9-11-5-3-4-6-13(11)16/h3-8H,9H2,1-2H3,(H,19,20). The van der Waals surface area contributed by atoms with E-state index in [0.717, 1.165) is 5.56 Å². The Labute approximate surface area is 116 Å². The molecule has 1 N–H and O–H groups in total. The van der Waals surface area contributed by atoms with Gasteiger partial charge in [0.25, 0.3) is 0 Å². The van der Waals surface area contributed by atoms with Gasteiger partial charge in [-0.3, -0.25) is 0 Å². The molecule has 2 rings (SSSR count). The number of carboxylic acids is 1. The first-order valence-corrected chi connectivity index (χ1v) is 6.13. The maximum atomic E-state index is 13.6. The first-order valence-electron chi connectivity index (χ1n) is 6.13. The van der Waals surface area contributed by atoms with E-state index in [1.807, 2.05) is 0 Å². The van der Waals surface area contributed by atoms with Crippen molar-refractivity contribution in [2.45, 2.75) is 13.5 Å². The molecule has 1 aromatic heterocycles. The van der Waals surface area contributed by atoms with Gasteiger partial charge in [0.1, 0.15) is 11.6 Å². The smallest absolute Gasteiger partial charge is 0.337 e. The van der Waals surface area contributed by atoms with Crippen molar-refractivity contribution in [3.05, 3.63) is 59.0 Å². The Morgan fingerprint density at radius 2 is 2.10 bits per heavy atom. The molecule has 0 bridgehead atoms. The van der Waals surface area contributed by atoms with Crippen molar-refractivity contribution < 1.29 is 14.3 Å². The molecule has 0 saturated carbocycles. The number of hydrogen-bond donors (Lipinski definition) is 1. The minimum atomic E-state index is -1.01. The second-order valence-electron chi connectivity index (χ2n) is 4.62. The summed E-state index contributed by atoms with van der Waals surface area (Å²) in [6.07, 6.45) is 1.31. The normalized spacial score (nSPS) is 10.3. The summed E-state index contributed by atoms with van der Waals surface area (Å²) < 4.78 is 13.6. The number of aromatic nitrogens is 1. The summed E-state index contributed by atoms with van der Waals surface area (Å²) in [5, 5.41) is 8.91. The number of aryl methyl sites for hydroxylation is 1. The molecule has 20 heavy (non-hydrogen) atoms. The molecule has 0 amide bonds. The van der Waals surface area contributed by atoms with Crippen molar-refractivity contribution in [1.82, 2.24) is 4.98 Å². The molecule has 0 aliphatic heterocycles. The molecule has 2 aromatic rings. The Hall–Kier alpha value is -2.43. The maximum absolute atomic E-state index is 13.6. The molecule has 0 aliphatic carbocycles. The quantitative estimate of drug-likeness (QED) is 0.931. The molecule has 0 fully saturated rings. The molecule has 0 aliphatic rings. The highest BCUT2D eigenvalue weighted by Crippen LogP contribution is 2.19. The highest BCUT2D eigenvalue weighted by Gasteiger charge is 2.12. The summed E-state index contributed by atoms with van der Waals surface area (Å²) in [6.45, 7) is 2.15. The van der Waals surface area contributed by atoms with Crippen molar-refractivity contribution >= 4 is 11.8 Å². The van der Waals surface area contributed by atoms with Crippen molar-refractivity contribution in [1.29, 1.82) is 0 Å². The number of benzene rings is 1. The third kappa shape index (κ3) is 2.93. The summed E-state index contributed by atoms with van der Waals surface area (Å²) >= 11 is 0. The van der Waals surface area contributed by atoms with Gasteiger partial charge < -0.3 is 10.0 Å². The van der Waals surface area contributed by atoms with Crippen LogP contribution in [0.5, 0.6) is 0 Å². The first-order chi connectivity index (χ1) is 9.49. The Morgan fingerprint density at radius 1 is 1.40 bits per heavy atom. The second-order valence-corrected chi connectivity index (χ2v) is 4.62. The second kappa shape index (κ2) is 5.69. The molecule has 0 radical (unpaired) electrons. The van der Waals surface area contributed by atoms with E-state index in [9.17, 15) is 9.18 Å². The van der Waals surface area contributed by atoms with Gasteiger partial charge in [-0.05, 0) is 24.6 Å². The number of pyridine rings is 1. The number of rotatable bonds is 4. The van der Waals surface area contributed by atoms with E-state index in [1.165, 1.54) is 12.3 Å². The van der Waals surface area contributed by atoms with Gasteiger partial charge >= 0.3 is 5.97 Å². The lowest BCUT2D eigenvalue weighted by Crippen LogP contribution is -2.20. The molecule has 0 atom stereocenters. The van der Waals surface area contributed by atoms with Crippen LogP contribution in [0.15, 0.2) is 36.5 Å². The predicted octanol–water partition coefficient (Wildman–Crippen LogP) is 2.86. The molecule has 1 heterocycles.